The molecule has 162 valence electrons. The Balaban J connectivity index is 1.64. The van der Waals surface area contributed by atoms with Gasteiger partial charge in [0.05, 0.1) is 5.69 Å². The van der Waals surface area contributed by atoms with Crippen LogP contribution >= 0.6 is 0 Å². The molecule has 6 nitrogen and oxygen atoms in total. The molecule has 0 spiro atoms. The van der Waals surface area contributed by atoms with Gasteiger partial charge in [0.2, 0.25) is 0 Å². The van der Waals surface area contributed by atoms with Crippen LogP contribution in [-0.4, -0.2) is 64.9 Å². The molecule has 1 aromatic rings. The molecule has 2 aliphatic rings. The van der Waals surface area contributed by atoms with Gasteiger partial charge in [-0.25, -0.2) is 13.6 Å². The van der Waals surface area contributed by atoms with Gasteiger partial charge in [-0.2, -0.15) is 0 Å². The minimum absolute atomic E-state index is 0.00801. The Morgan fingerprint density at radius 2 is 1.72 bits per heavy atom. The normalized spacial score (nSPS) is 23.1. The van der Waals surface area contributed by atoms with Crippen molar-refractivity contribution in [3.8, 4) is 5.75 Å². The monoisotopic (exact) mass is 430 g/mol. The molecular formula is C20H28F2N2O4S. The third-order valence-corrected chi connectivity index (χ3v) is 6.28. The SMILES string of the molecule is CC(C)(C)OC(=O)N1CCN(c2cc(O[C@H]3CC[S@+]([O-])CC3)c(F)cc2F)CC1. The molecule has 0 atom stereocenters. The predicted octanol–water partition coefficient (Wildman–Crippen LogP) is 3.31. The van der Waals surface area contributed by atoms with E-state index in [1.54, 1.807) is 30.6 Å². The lowest BCUT2D eigenvalue weighted by Crippen LogP contribution is -2.50. The van der Waals surface area contributed by atoms with Crippen LogP contribution in [0.1, 0.15) is 33.6 Å². The second kappa shape index (κ2) is 8.95. The first kappa shape index (κ1) is 22.0. The van der Waals surface area contributed by atoms with Crippen molar-refractivity contribution in [2.24, 2.45) is 0 Å². The number of nitrogens with zero attached hydrogens (tertiary/aromatic N) is 2. The molecule has 2 aliphatic heterocycles. The number of carbonyl (C=O) groups excluding carboxylic acids is 1. The number of anilines is 1. The fraction of sp³-hybridized carbons (Fsp3) is 0.650. The van der Waals surface area contributed by atoms with Crippen LogP contribution in [0.3, 0.4) is 0 Å². The van der Waals surface area contributed by atoms with E-state index in [0.717, 1.165) is 6.07 Å². The quantitative estimate of drug-likeness (QED) is 0.689. The highest BCUT2D eigenvalue weighted by atomic mass is 32.2. The van der Waals surface area contributed by atoms with Gasteiger partial charge in [-0.05, 0) is 20.8 Å². The molecule has 29 heavy (non-hydrogen) atoms. The zero-order valence-electron chi connectivity index (χ0n) is 17.1. The Bertz CT molecular complexity index is 728. The maximum absolute atomic E-state index is 14.4. The lowest BCUT2D eigenvalue weighted by Gasteiger charge is -2.37. The van der Waals surface area contributed by atoms with Crippen molar-refractivity contribution in [3.05, 3.63) is 23.8 Å². The second-order valence-corrected chi connectivity index (χ2v) is 10.0. The molecule has 2 fully saturated rings. The highest BCUT2D eigenvalue weighted by Crippen LogP contribution is 2.31. The van der Waals surface area contributed by atoms with Gasteiger partial charge in [-0.1, -0.05) is 11.2 Å². The number of hydrogen-bond acceptors (Lipinski definition) is 5. The molecule has 1 aromatic carbocycles. The summed E-state index contributed by atoms with van der Waals surface area (Å²) in [5, 5.41) is 0. The fourth-order valence-corrected chi connectivity index (χ4v) is 4.63. The van der Waals surface area contributed by atoms with Gasteiger partial charge in [0.25, 0.3) is 0 Å². The summed E-state index contributed by atoms with van der Waals surface area (Å²) in [6.07, 6.45) is 0.570. The molecule has 0 saturated carbocycles. The van der Waals surface area contributed by atoms with E-state index in [1.807, 2.05) is 0 Å². The van der Waals surface area contributed by atoms with Crippen LogP contribution in [0.4, 0.5) is 19.3 Å². The number of piperazine rings is 1. The molecule has 0 radical (unpaired) electrons. The number of hydrogen-bond donors (Lipinski definition) is 0. The van der Waals surface area contributed by atoms with E-state index in [2.05, 4.69) is 0 Å². The van der Waals surface area contributed by atoms with Crippen LogP contribution in [-0.2, 0) is 15.9 Å². The van der Waals surface area contributed by atoms with Crippen LogP contribution in [0.2, 0.25) is 0 Å². The van der Waals surface area contributed by atoms with Gasteiger partial charge in [-0.3, -0.25) is 0 Å². The van der Waals surface area contributed by atoms with Crippen molar-refractivity contribution in [2.75, 3.05) is 42.6 Å². The molecule has 2 heterocycles. The molecule has 2 saturated heterocycles. The summed E-state index contributed by atoms with van der Waals surface area (Å²) >= 11 is -0.835. The minimum Gasteiger partial charge on any atom is -0.616 e. The highest BCUT2D eigenvalue weighted by Gasteiger charge is 2.29. The van der Waals surface area contributed by atoms with Crippen molar-refractivity contribution < 1.29 is 27.6 Å². The summed E-state index contributed by atoms with van der Waals surface area (Å²) in [4.78, 5) is 15.5. The summed E-state index contributed by atoms with van der Waals surface area (Å²) in [6, 6.07) is 2.23. The maximum Gasteiger partial charge on any atom is 0.410 e. The molecule has 9 heteroatoms. The predicted molar refractivity (Wildman–Crippen MR) is 108 cm³/mol. The number of amides is 1. The van der Waals surface area contributed by atoms with Gasteiger partial charge in [0.15, 0.2) is 11.6 Å². The summed E-state index contributed by atoms with van der Waals surface area (Å²) < 4.78 is 51.3. The lowest BCUT2D eigenvalue weighted by atomic mass is 10.2. The Morgan fingerprint density at radius 1 is 1.10 bits per heavy atom. The molecule has 0 unspecified atom stereocenters. The highest BCUT2D eigenvalue weighted by molar-refractivity contribution is 7.91. The first-order chi connectivity index (χ1) is 13.6. The Hall–Kier alpha value is -1.74. The fourth-order valence-electron chi connectivity index (χ4n) is 3.38. The van der Waals surface area contributed by atoms with Gasteiger partial charge in [0, 0.05) is 51.2 Å². The van der Waals surface area contributed by atoms with E-state index in [0.29, 0.717) is 50.5 Å². The zero-order valence-corrected chi connectivity index (χ0v) is 17.9. The van der Waals surface area contributed by atoms with Crippen LogP contribution in [0.5, 0.6) is 5.75 Å². The molecule has 0 N–H and O–H groups in total. The third kappa shape index (κ3) is 5.88. The number of benzene rings is 1. The topological polar surface area (TPSA) is 65.1 Å². The zero-order chi connectivity index (χ0) is 21.2. The number of halogens is 2. The smallest absolute Gasteiger partial charge is 0.410 e. The van der Waals surface area contributed by atoms with Crippen LogP contribution in [0, 0.1) is 11.6 Å². The van der Waals surface area contributed by atoms with E-state index < -0.39 is 34.5 Å². The Kier molecular flexibility index (Phi) is 6.78. The molecule has 0 aliphatic carbocycles. The molecule has 0 bridgehead atoms. The summed E-state index contributed by atoms with van der Waals surface area (Å²) in [5.74, 6) is -0.329. The number of ether oxygens (including phenoxy) is 2. The standard InChI is InChI=1S/C20H28F2N2O4S/c1-20(2,3)28-19(25)24-8-6-23(7-9-24)17-13-18(16(22)12-15(17)21)27-14-4-10-29(26)11-5-14/h12-14H,4-11H2,1-3H3/t14-,29-. The van der Waals surface area contributed by atoms with E-state index >= 15 is 0 Å². The van der Waals surface area contributed by atoms with Crippen molar-refractivity contribution in [1.82, 2.24) is 4.90 Å². The summed E-state index contributed by atoms with van der Waals surface area (Å²) in [5.41, 5.74) is -0.320. The lowest BCUT2D eigenvalue weighted by molar-refractivity contribution is 0.0240. The molecule has 0 aromatic heterocycles. The van der Waals surface area contributed by atoms with Crippen molar-refractivity contribution in [3.63, 3.8) is 0 Å². The molecule has 1 amide bonds. The van der Waals surface area contributed by atoms with E-state index in [1.165, 1.54) is 6.07 Å². The van der Waals surface area contributed by atoms with Crippen molar-refractivity contribution >= 4 is 23.0 Å². The van der Waals surface area contributed by atoms with Gasteiger partial charge >= 0.3 is 6.09 Å². The average Bonchev–Trinajstić information content (AvgIpc) is 2.64. The third-order valence-electron chi connectivity index (χ3n) is 4.90. The second-order valence-electron chi connectivity index (χ2n) is 8.35. The largest absolute Gasteiger partial charge is 0.616 e. The number of rotatable bonds is 3. The van der Waals surface area contributed by atoms with Crippen molar-refractivity contribution in [1.29, 1.82) is 0 Å². The van der Waals surface area contributed by atoms with E-state index in [4.69, 9.17) is 9.47 Å². The van der Waals surface area contributed by atoms with E-state index in [9.17, 15) is 18.1 Å². The van der Waals surface area contributed by atoms with Gasteiger partial charge in [-0.15, -0.1) is 0 Å². The Labute approximate surface area is 173 Å². The minimum atomic E-state index is -0.835. The maximum atomic E-state index is 14.4. The van der Waals surface area contributed by atoms with Gasteiger partial charge in [0.1, 0.15) is 29.0 Å². The van der Waals surface area contributed by atoms with Crippen LogP contribution in [0.15, 0.2) is 12.1 Å². The van der Waals surface area contributed by atoms with Crippen molar-refractivity contribution in [2.45, 2.75) is 45.3 Å². The first-order valence-corrected chi connectivity index (χ1v) is 11.3. The summed E-state index contributed by atoms with van der Waals surface area (Å²) in [6.45, 7) is 7.00. The molecular weight excluding hydrogens is 402 g/mol. The first-order valence-electron chi connectivity index (χ1n) is 9.86. The van der Waals surface area contributed by atoms with Gasteiger partial charge < -0.3 is 23.8 Å². The number of carbonyl (C=O) groups is 1. The van der Waals surface area contributed by atoms with Crippen LogP contribution < -0.4 is 9.64 Å². The van der Waals surface area contributed by atoms with E-state index in [-0.39, 0.29) is 17.5 Å². The Morgan fingerprint density at radius 3 is 2.31 bits per heavy atom. The summed E-state index contributed by atoms with van der Waals surface area (Å²) in [7, 11) is 0. The van der Waals surface area contributed by atoms with Crippen LogP contribution in [0.25, 0.3) is 0 Å². The molecule has 3 rings (SSSR count). The average molecular weight is 431 g/mol.